The monoisotopic (exact) mass is 912 g/mol. The van der Waals surface area contributed by atoms with Crippen LogP contribution in [0, 0.1) is 12.8 Å². The molecule has 4 amide bonds. The number of ether oxygens (including phenoxy) is 5. The lowest BCUT2D eigenvalue weighted by Crippen LogP contribution is -2.42. The van der Waals surface area contributed by atoms with Gasteiger partial charge >= 0.3 is 5.97 Å². The van der Waals surface area contributed by atoms with E-state index in [-0.39, 0.29) is 54.5 Å². The van der Waals surface area contributed by atoms with Crippen LogP contribution >= 0.6 is 11.3 Å². The minimum absolute atomic E-state index is 0.0198. The second-order valence-electron chi connectivity index (χ2n) is 17.2. The molecule has 0 saturated heterocycles. The molecule has 0 atom stereocenters. The van der Waals surface area contributed by atoms with E-state index < -0.39 is 5.60 Å². The Kier molecular flexibility index (Phi) is 23.3. The third-order valence-electron chi connectivity index (χ3n) is 10.8. The molecule has 0 radical (unpaired) electrons. The van der Waals surface area contributed by atoms with E-state index in [0.29, 0.717) is 97.4 Å². The summed E-state index contributed by atoms with van der Waals surface area (Å²) in [5, 5.41) is 11.2. The normalized spacial score (nSPS) is 15.2. The van der Waals surface area contributed by atoms with Gasteiger partial charge in [-0.15, -0.1) is 11.3 Å². The standard InChI is InChI=1S/C48H73N5O10S/c1-6-52(39-14-12-13-36(2)33-39)44(55)35-53-40-21-32-64-42(40)34-41(53)47(58)51-38-18-16-37(17-19-38)46(57)50-22-11-9-7-8-10-15-43(54)49-23-25-60-27-29-62-31-30-61-28-26-59-24-20-45(56)63-48(3,4)5/h12-14,21,32-34,37-38H,6-11,15-20,22-31,35H2,1-5H3,(H,49,54)(H,50,57)(H,51,58). The second-order valence-corrected chi connectivity index (χ2v) is 18.2. The number of nitrogens with one attached hydrogen (secondary N) is 3. The van der Waals surface area contributed by atoms with Gasteiger partial charge in [-0.1, -0.05) is 31.4 Å². The van der Waals surface area contributed by atoms with Crippen LogP contribution < -0.4 is 20.9 Å². The Bertz CT molecular complexity index is 1880. The van der Waals surface area contributed by atoms with Crippen LogP contribution in [0.2, 0.25) is 0 Å². The van der Waals surface area contributed by atoms with E-state index in [1.54, 1.807) is 16.2 Å². The van der Waals surface area contributed by atoms with Gasteiger partial charge in [-0.2, -0.15) is 0 Å². The zero-order chi connectivity index (χ0) is 46.2. The quantitative estimate of drug-likeness (QED) is 0.0481. The number of benzene rings is 1. The smallest absolute Gasteiger partial charge is 0.308 e. The number of amides is 4. The van der Waals surface area contributed by atoms with Crippen molar-refractivity contribution < 1.29 is 47.7 Å². The van der Waals surface area contributed by atoms with Crippen molar-refractivity contribution in [1.29, 1.82) is 0 Å². The summed E-state index contributed by atoms with van der Waals surface area (Å²) in [6.07, 6.45) is 8.24. The number of anilines is 1. The molecule has 2 heterocycles. The number of nitrogens with zero attached hydrogens (tertiary/aromatic N) is 2. The Balaban J connectivity index is 0.956. The lowest BCUT2D eigenvalue weighted by atomic mass is 9.85. The number of unbranched alkanes of at least 4 members (excludes halogenated alkanes) is 4. The molecular formula is C48H73N5O10S. The molecule has 0 aliphatic heterocycles. The Morgan fingerprint density at radius 1 is 0.766 bits per heavy atom. The topological polar surface area (TPSA) is 176 Å². The zero-order valence-electron chi connectivity index (χ0n) is 38.8. The molecule has 15 nitrogen and oxygen atoms in total. The second kappa shape index (κ2) is 28.5. The minimum Gasteiger partial charge on any atom is -0.460 e. The first-order chi connectivity index (χ1) is 30.8. The Morgan fingerprint density at radius 3 is 2.09 bits per heavy atom. The van der Waals surface area contributed by atoms with Crippen LogP contribution in [0.3, 0.4) is 0 Å². The van der Waals surface area contributed by atoms with Crippen molar-refractivity contribution in [3.8, 4) is 0 Å². The van der Waals surface area contributed by atoms with Crippen LogP contribution in [0.15, 0.2) is 41.8 Å². The van der Waals surface area contributed by atoms with Gasteiger partial charge in [0.2, 0.25) is 17.7 Å². The highest BCUT2D eigenvalue weighted by atomic mass is 32.1. The molecule has 16 heteroatoms. The van der Waals surface area contributed by atoms with Gasteiger partial charge in [0.05, 0.1) is 69.5 Å². The maximum Gasteiger partial charge on any atom is 0.308 e. The van der Waals surface area contributed by atoms with Crippen molar-refractivity contribution in [1.82, 2.24) is 20.5 Å². The fraction of sp³-hybridized carbons (Fsp3) is 0.646. The molecule has 3 N–H and O–H groups in total. The van der Waals surface area contributed by atoms with E-state index >= 15 is 0 Å². The Morgan fingerprint density at radius 2 is 1.42 bits per heavy atom. The highest BCUT2D eigenvalue weighted by Crippen LogP contribution is 2.28. The lowest BCUT2D eigenvalue weighted by Gasteiger charge is -2.28. The van der Waals surface area contributed by atoms with Crippen LogP contribution in [-0.4, -0.2) is 118 Å². The maximum absolute atomic E-state index is 13.6. The van der Waals surface area contributed by atoms with E-state index in [1.807, 2.05) is 81.0 Å². The van der Waals surface area contributed by atoms with Crippen molar-refractivity contribution in [2.24, 2.45) is 5.92 Å². The molecule has 3 aromatic rings. The van der Waals surface area contributed by atoms with Gasteiger partial charge in [-0.3, -0.25) is 24.0 Å². The van der Waals surface area contributed by atoms with Gasteiger partial charge in [0.1, 0.15) is 17.8 Å². The minimum atomic E-state index is -0.491. The number of esters is 1. The van der Waals surface area contributed by atoms with Crippen molar-refractivity contribution in [3.05, 3.63) is 53.0 Å². The van der Waals surface area contributed by atoms with E-state index in [2.05, 4.69) is 16.0 Å². The summed E-state index contributed by atoms with van der Waals surface area (Å²) in [7, 11) is 0. The van der Waals surface area contributed by atoms with E-state index in [1.165, 1.54) is 0 Å². The molecule has 356 valence electrons. The maximum atomic E-state index is 13.6. The molecule has 64 heavy (non-hydrogen) atoms. The number of hydrogen-bond donors (Lipinski definition) is 3. The predicted octanol–water partition coefficient (Wildman–Crippen LogP) is 6.72. The van der Waals surface area contributed by atoms with Gasteiger partial charge in [0.25, 0.3) is 5.91 Å². The molecular weight excluding hydrogens is 839 g/mol. The first-order valence-electron chi connectivity index (χ1n) is 23.2. The molecule has 1 aliphatic carbocycles. The molecule has 1 fully saturated rings. The Labute approximate surface area is 383 Å². The first-order valence-corrected chi connectivity index (χ1v) is 24.0. The van der Waals surface area contributed by atoms with Crippen molar-refractivity contribution >= 4 is 56.8 Å². The van der Waals surface area contributed by atoms with Crippen LogP contribution in [0.1, 0.15) is 114 Å². The fourth-order valence-electron chi connectivity index (χ4n) is 7.57. The highest BCUT2D eigenvalue weighted by Gasteiger charge is 2.29. The van der Waals surface area contributed by atoms with E-state index in [9.17, 15) is 24.0 Å². The zero-order valence-corrected chi connectivity index (χ0v) is 39.7. The molecule has 0 unspecified atom stereocenters. The summed E-state index contributed by atoms with van der Waals surface area (Å²) in [4.78, 5) is 65.7. The van der Waals surface area contributed by atoms with Crippen LogP contribution in [0.25, 0.3) is 10.2 Å². The summed E-state index contributed by atoms with van der Waals surface area (Å²) >= 11 is 1.55. The van der Waals surface area contributed by atoms with Crippen molar-refractivity contribution in [2.75, 3.05) is 77.4 Å². The number of hydrogen-bond acceptors (Lipinski definition) is 11. The molecule has 4 rings (SSSR count). The number of aryl methyl sites for hydroxylation is 1. The number of carbonyl (C=O) groups excluding carboxylic acids is 5. The fourth-order valence-corrected chi connectivity index (χ4v) is 8.39. The van der Waals surface area contributed by atoms with Crippen molar-refractivity contribution in [3.63, 3.8) is 0 Å². The summed E-state index contributed by atoms with van der Waals surface area (Å²) in [6.45, 7) is 14.4. The number of rotatable bonds is 30. The molecule has 1 saturated carbocycles. The van der Waals surface area contributed by atoms with Crippen molar-refractivity contribution in [2.45, 2.75) is 123 Å². The first kappa shape index (κ1) is 52.3. The van der Waals surface area contributed by atoms with Gasteiger partial charge in [0, 0.05) is 43.7 Å². The van der Waals surface area contributed by atoms with E-state index in [4.69, 9.17) is 23.7 Å². The SMILES string of the molecule is CCN(C(=O)Cn1c(C(=O)NC2CCC(C(=O)NCCCCCCCC(=O)NCCOCCOCCOCCOCCC(=O)OC(C)(C)C)CC2)cc2sccc21)c1cccc(C)c1. The van der Waals surface area contributed by atoms with Gasteiger partial charge in [-0.05, 0) is 108 Å². The molecule has 0 bridgehead atoms. The summed E-state index contributed by atoms with van der Waals surface area (Å²) in [5.41, 5.74) is 2.78. The average molecular weight is 912 g/mol. The predicted molar refractivity (Wildman–Crippen MR) is 250 cm³/mol. The molecule has 2 aromatic heterocycles. The average Bonchev–Trinajstić information content (AvgIpc) is 3.85. The van der Waals surface area contributed by atoms with E-state index in [0.717, 1.165) is 66.4 Å². The molecule has 1 aromatic carbocycles. The third-order valence-corrected chi connectivity index (χ3v) is 11.7. The number of likely N-dealkylation sites (N-methyl/N-ethyl adjacent to an activating group) is 1. The summed E-state index contributed by atoms with van der Waals surface area (Å²) in [6, 6.07) is 11.7. The largest absolute Gasteiger partial charge is 0.460 e. The third kappa shape index (κ3) is 19.4. The molecule has 1 aliphatic rings. The van der Waals surface area contributed by atoms with Crippen LogP contribution in [0.5, 0.6) is 0 Å². The van der Waals surface area contributed by atoms with Gasteiger partial charge in [-0.25, -0.2) is 0 Å². The van der Waals surface area contributed by atoms with Gasteiger partial charge in [0.15, 0.2) is 0 Å². The highest BCUT2D eigenvalue weighted by molar-refractivity contribution is 7.17. The molecule has 0 spiro atoms. The summed E-state index contributed by atoms with van der Waals surface area (Å²) in [5.74, 6) is -0.512. The van der Waals surface area contributed by atoms with Gasteiger partial charge < -0.3 is 49.1 Å². The summed E-state index contributed by atoms with van der Waals surface area (Å²) < 4.78 is 29.9. The number of carbonyl (C=O) groups is 5. The van der Waals surface area contributed by atoms with Crippen LogP contribution in [-0.2, 0) is 49.4 Å². The lowest BCUT2D eigenvalue weighted by molar-refractivity contribution is -0.156. The number of thiophene rings is 1. The Hall–Kier alpha value is -4.35. The van der Waals surface area contributed by atoms with Crippen LogP contribution in [0.4, 0.5) is 5.69 Å². The number of aromatic nitrogens is 1. The number of fused-ring (bicyclic) bond motifs is 1.